The number of ketones is 1. The van der Waals surface area contributed by atoms with Crippen LogP contribution in [0.5, 0.6) is 0 Å². The van der Waals surface area contributed by atoms with E-state index < -0.39 is 17.7 Å². The van der Waals surface area contributed by atoms with Gasteiger partial charge in [-0.25, -0.2) is 4.79 Å². The van der Waals surface area contributed by atoms with Gasteiger partial charge < -0.3 is 14.8 Å². The molecule has 0 aromatic rings. The van der Waals surface area contributed by atoms with Crippen molar-refractivity contribution in [2.75, 3.05) is 13.7 Å². The van der Waals surface area contributed by atoms with E-state index in [9.17, 15) is 9.59 Å². The van der Waals surface area contributed by atoms with Gasteiger partial charge in [0.25, 0.3) is 0 Å². The minimum Gasteiger partial charge on any atom is -0.444 e. The molecule has 1 N–H and O–H groups in total. The predicted octanol–water partition coefficient (Wildman–Crippen LogP) is 1.51. The van der Waals surface area contributed by atoms with Gasteiger partial charge in [0.1, 0.15) is 11.6 Å². The third-order valence-electron chi connectivity index (χ3n) is 2.35. The van der Waals surface area contributed by atoms with Crippen LogP contribution < -0.4 is 5.32 Å². The lowest BCUT2D eigenvalue weighted by Gasteiger charge is -2.22. The average Bonchev–Trinajstić information content (AvgIpc) is 2.96. The summed E-state index contributed by atoms with van der Waals surface area (Å²) in [6.45, 7) is 5.52. The first-order chi connectivity index (χ1) is 7.83. The van der Waals surface area contributed by atoms with E-state index in [-0.39, 0.29) is 18.3 Å². The summed E-state index contributed by atoms with van der Waals surface area (Å²) in [4.78, 5) is 23.4. The molecule has 17 heavy (non-hydrogen) atoms. The van der Waals surface area contributed by atoms with Crippen LogP contribution in [0.25, 0.3) is 0 Å². The fourth-order valence-corrected chi connectivity index (χ4v) is 1.46. The maximum atomic E-state index is 11.8. The fourth-order valence-electron chi connectivity index (χ4n) is 1.46. The third-order valence-corrected chi connectivity index (χ3v) is 2.35. The Morgan fingerprint density at radius 3 is 2.35 bits per heavy atom. The normalized spacial score (nSPS) is 17.4. The van der Waals surface area contributed by atoms with Crippen LogP contribution in [0.1, 0.15) is 33.6 Å². The van der Waals surface area contributed by atoms with E-state index >= 15 is 0 Å². The molecule has 1 fully saturated rings. The molecule has 1 atom stereocenters. The second-order valence-electron chi connectivity index (χ2n) is 5.33. The molecule has 5 nitrogen and oxygen atoms in total. The zero-order chi connectivity index (χ0) is 13.1. The van der Waals surface area contributed by atoms with E-state index in [1.165, 1.54) is 7.11 Å². The molecule has 98 valence electrons. The lowest BCUT2D eigenvalue weighted by molar-refractivity contribution is -0.123. The van der Waals surface area contributed by atoms with Gasteiger partial charge in [-0.3, -0.25) is 4.79 Å². The first kappa shape index (κ1) is 14.0. The van der Waals surface area contributed by atoms with E-state index in [1.54, 1.807) is 20.8 Å². The summed E-state index contributed by atoms with van der Waals surface area (Å²) >= 11 is 0. The third kappa shape index (κ3) is 5.17. The number of rotatable bonds is 5. The van der Waals surface area contributed by atoms with Gasteiger partial charge in [-0.05, 0) is 33.6 Å². The smallest absolute Gasteiger partial charge is 0.408 e. The van der Waals surface area contributed by atoms with Crippen LogP contribution in [-0.2, 0) is 14.3 Å². The van der Waals surface area contributed by atoms with Gasteiger partial charge in [0, 0.05) is 13.0 Å². The molecule has 0 aromatic carbocycles. The van der Waals surface area contributed by atoms with Crippen molar-refractivity contribution in [3.05, 3.63) is 0 Å². The van der Waals surface area contributed by atoms with Gasteiger partial charge in [0.15, 0.2) is 5.78 Å². The number of alkyl carbamates (subject to hydrolysis) is 1. The Balaban J connectivity index is 2.48. The van der Waals surface area contributed by atoms with E-state index in [0.717, 1.165) is 12.8 Å². The van der Waals surface area contributed by atoms with Crippen LogP contribution in [0.4, 0.5) is 4.79 Å². The molecule has 0 unspecified atom stereocenters. The molecule has 0 aromatic heterocycles. The van der Waals surface area contributed by atoms with Gasteiger partial charge in [0.2, 0.25) is 0 Å². The highest BCUT2D eigenvalue weighted by atomic mass is 16.6. The average molecular weight is 243 g/mol. The quantitative estimate of drug-likeness (QED) is 0.794. The van der Waals surface area contributed by atoms with Crippen LogP contribution in [0.3, 0.4) is 0 Å². The van der Waals surface area contributed by atoms with Crippen LogP contribution >= 0.6 is 0 Å². The molecule has 1 saturated carbocycles. The molecule has 0 bridgehead atoms. The summed E-state index contributed by atoms with van der Waals surface area (Å²) in [5, 5.41) is 2.56. The van der Waals surface area contributed by atoms with Crippen molar-refractivity contribution >= 4 is 11.9 Å². The van der Waals surface area contributed by atoms with Gasteiger partial charge in [-0.15, -0.1) is 0 Å². The molecule has 0 radical (unpaired) electrons. The zero-order valence-electron chi connectivity index (χ0n) is 10.9. The Morgan fingerprint density at radius 1 is 1.35 bits per heavy atom. The molecule has 1 amide bonds. The van der Waals surface area contributed by atoms with Crippen LogP contribution in [0, 0.1) is 5.92 Å². The first-order valence-corrected chi connectivity index (χ1v) is 5.85. The SMILES string of the molecule is COC[C@H](NC(=O)OC(C)(C)C)C(=O)C1CC1. The largest absolute Gasteiger partial charge is 0.444 e. The van der Waals surface area contributed by atoms with Gasteiger partial charge in [-0.1, -0.05) is 0 Å². The lowest BCUT2D eigenvalue weighted by atomic mass is 10.1. The molecular weight excluding hydrogens is 222 g/mol. The number of carbonyl (C=O) groups is 2. The number of carbonyl (C=O) groups excluding carboxylic acids is 2. The number of hydrogen-bond donors (Lipinski definition) is 1. The first-order valence-electron chi connectivity index (χ1n) is 5.85. The molecule has 0 spiro atoms. The van der Waals surface area contributed by atoms with Crippen LogP contribution in [-0.4, -0.2) is 37.2 Å². The molecule has 1 rings (SSSR count). The molecule has 5 heteroatoms. The van der Waals surface area contributed by atoms with Crippen molar-refractivity contribution < 1.29 is 19.1 Å². The van der Waals surface area contributed by atoms with E-state index in [1.807, 2.05) is 0 Å². The summed E-state index contributed by atoms with van der Waals surface area (Å²) in [5.74, 6) is 0.128. The Bertz CT molecular complexity index is 291. The zero-order valence-corrected chi connectivity index (χ0v) is 10.9. The Morgan fingerprint density at radius 2 is 1.94 bits per heavy atom. The summed E-state index contributed by atoms with van der Waals surface area (Å²) in [5.41, 5.74) is -0.565. The minimum absolute atomic E-state index is 0.0395. The summed E-state index contributed by atoms with van der Waals surface area (Å²) in [6.07, 6.45) is 1.25. The standard InChI is InChI=1S/C12H21NO4/c1-12(2,3)17-11(15)13-9(7-16-4)10(14)8-5-6-8/h8-9H,5-7H2,1-4H3,(H,13,15)/t9-/m0/s1. The highest BCUT2D eigenvalue weighted by Crippen LogP contribution is 2.31. The Labute approximate surface area is 102 Å². The monoisotopic (exact) mass is 243 g/mol. The van der Waals surface area contributed by atoms with Gasteiger partial charge in [0.05, 0.1) is 6.61 Å². The maximum Gasteiger partial charge on any atom is 0.408 e. The number of hydrogen-bond acceptors (Lipinski definition) is 4. The van der Waals surface area contributed by atoms with E-state index in [2.05, 4.69) is 5.32 Å². The summed E-state index contributed by atoms with van der Waals surface area (Å²) in [6, 6.07) is -0.595. The molecule has 0 heterocycles. The fraction of sp³-hybridized carbons (Fsp3) is 0.833. The van der Waals surface area contributed by atoms with Crippen molar-refractivity contribution in [2.45, 2.75) is 45.3 Å². The number of ether oxygens (including phenoxy) is 2. The van der Waals surface area contributed by atoms with Crippen molar-refractivity contribution in [3.8, 4) is 0 Å². The number of nitrogens with one attached hydrogen (secondary N) is 1. The van der Waals surface area contributed by atoms with Crippen LogP contribution in [0.2, 0.25) is 0 Å². The Hall–Kier alpha value is -1.10. The molecule has 1 aliphatic carbocycles. The lowest BCUT2D eigenvalue weighted by Crippen LogP contribution is -2.46. The summed E-state index contributed by atoms with van der Waals surface area (Å²) < 4.78 is 10.0. The summed E-state index contributed by atoms with van der Waals surface area (Å²) in [7, 11) is 1.50. The molecular formula is C12H21NO4. The van der Waals surface area contributed by atoms with Crippen molar-refractivity contribution in [1.82, 2.24) is 5.32 Å². The second kappa shape index (κ2) is 5.49. The van der Waals surface area contributed by atoms with Crippen LogP contribution in [0.15, 0.2) is 0 Å². The van der Waals surface area contributed by atoms with Crippen molar-refractivity contribution in [2.24, 2.45) is 5.92 Å². The maximum absolute atomic E-state index is 11.8. The number of Topliss-reactive ketones (excluding diaryl/α,β-unsaturated/α-hetero) is 1. The van der Waals surface area contributed by atoms with E-state index in [4.69, 9.17) is 9.47 Å². The van der Waals surface area contributed by atoms with E-state index in [0.29, 0.717) is 0 Å². The van der Waals surface area contributed by atoms with Crippen molar-refractivity contribution in [1.29, 1.82) is 0 Å². The highest BCUT2D eigenvalue weighted by Gasteiger charge is 2.36. The second-order valence-corrected chi connectivity index (χ2v) is 5.33. The van der Waals surface area contributed by atoms with Gasteiger partial charge in [-0.2, -0.15) is 0 Å². The topological polar surface area (TPSA) is 64.6 Å². The minimum atomic E-state index is -0.595. The highest BCUT2D eigenvalue weighted by molar-refractivity contribution is 5.91. The Kier molecular flexibility index (Phi) is 4.51. The molecule has 0 aliphatic heterocycles. The van der Waals surface area contributed by atoms with Crippen molar-refractivity contribution in [3.63, 3.8) is 0 Å². The number of amides is 1. The molecule has 0 saturated heterocycles. The predicted molar refractivity (Wildman–Crippen MR) is 62.8 cm³/mol. The molecule has 1 aliphatic rings. The van der Waals surface area contributed by atoms with Gasteiger partial charge >= 0.3 is 6.09 Å². The number of methoxy groups -OCH3 is 1.